The number of rotatable bonds is 6. The first-order valence-corrected chi connectivity index (χ1v) is 7.32. The minimum absolute atomic E-state index is 0.0102. The first-order chi connectivity index (χ1) is 10.2. The fourth-order valence-corrected chi connectivity index (χ4v) is 2.52. The molecule has 0 amide bonds. The molecule has 5 heteroatoms. The van der Waals surface area contributed by atoms with Gasteiger partial charge < -0.3 is 19.9 Å². The lowest BCUT2D eigenvalue weighted by Gasteiger charge is -2.14. The predicted octanol–water partition coefficient (Wildman–Crippen LogP) is 3.57. The van der Waals surface area contributed by atoms with Crippen molar-refractivity contribution in [3.8, 4) is 11.5 Å². The van der Waals surface area contributed by atoms with Gasteiger partial charge in [0, 0.05) is 22.3 Å². The molecule has 0 aliphatic carbocycles. The molecule has 2 N–H and O–H groups in total. The zero-order valence-corrected chi connectivity index (χ0v) is 13.6. The molecule has 2 aromatic carbocycles. The first-order valence-electron chi connectivity index (χ1n) is 6.52. The van der Waals surface area contributed by atoms with Gasteiger partial charge in [-0.15, -0.1) is 0 Å². The Bertz CT molecular complexity index is 616. The van der Waals surface area contributed by atoms with Gasteiger partial charge in [0.1, 0.15) is 0 Å². The van der Waals surface area contributed by atoms with E-state index in [0.29, 0.717) is 18.0 Å². The highest BCUT2D eigenvalue weighted by molar-refractivity contribution is 9.10. The quantitative estimate of drug-likeness (QED) is 0.835. The number of halogens is 1. The van der Waals surface area contributed by atoms with Gasteiger partial charge >= 0.3 is 0 Å². The summed E-state index contributed by atoms with van der Waals surface area (Å²) in [4.78, 5) is 0. The van der Waals surface area contributed by atoms with Crippen molar-refractivity contribution < 1.29 is 14.6 Å². The van der Waals surface area contributed by atoms with Crippen LogP contribution in [0.1, 0.15) is 11.1 Å². The standard InChI is InChI=1S/C16H18BrNO3/c1-20-15-7-12(13(17)8-16(15)21-2)9-18-14-6-4-3-5-11(14)10-19/h3-8,18-19H,9-10H2,1-2H3. The van der Waals surface area contributed by atoms with Crippen molar-refractivity contribution in [1.82, 2.24) is 0 Å². The van der Waals surface area contributed by atoms with Crippen LogP contribution in [0, 0.1) is 0 Å². The van der Waals surface area contributed by atoms with Crippen LogP contribution >= 0.6 is 15.9 Å². The largest absolute Gasteiger partial charge is 0.493 e. The van der Waals surface area contributed by atoms with Crippen LogP contribution in [0.3, 0.4) is 0 Å². The van der Waals surface area contributed by atoms with Crippen molar-refractivity contribution in [3.05, 3.63) is 52.0 Å². The van der Waals surface area contributed by atoms with E-state index in [0.717, 1.165) is 21.3 Å². The molecule has 0 saturated carbocycles. The average molecular weight is 352 g/mol. The summed E-state index contributed by atoms with van der Waals surface area (Å²) in [6.07, 6.45) is 0. The van der Waals surface area contributed by atoms with E-state index in [9.17, 15) is 5.11 Å². The molecule has 2 rings (SSSR count). The fourth-order valence-electron chi connectivity index (χ4n) is 2.05. The van der Waals surface area contributed by atoms with Crippen LogP contribution in [0.4, 0.5) is 5.69 Å². The number of nitrogens with one attached hydrogen (secondary N) is 1. The van der Waals surface area contributed by atoms with E-state index in [4.69, 9.17) is 9.47 Å². The second-order valence-electron chi connectivity index (χ2n) is 4.47. The molecular weight excluding hydrogens is 334 g/mol. The number of hydrogen-bond donors (Lipinski definition) is 2. The molecule has 0 bridgehead atoms. The molecule has 0 spiro atoms. The minimum atomic E-state index is 0.0102. The summed E-state index contributed by atoms with van der Waals surface area (Å²) >= 11 is 3.54. The van der Waals surface area contributed by atoms with Crippen LogP contribution in [-0.2, 0) is 13.2 Å². The van der Waals surface area contributed by atoms with Gasteiger partial charge in [-0.05, 0) is 23.8 Å². The Morgan fingerprint density at radius 1 is 1.05 bits per heavy atom. The summed E-state index contributed by atoms with van der Waals surface area (Å²) in [5, 5.41) is 12.7. The molecule has 21 heavy (non-hydrogen) atoms. The third kappa shape index (κ3) is 3.68. The van der Waals surface area contributed by atoms with Crippen LogP contribution in [0.25, 0.3) is 0 Å². The van der Waals surface area contributed by atoms with E-state index in [-0.39, 0.29) is 6.61 Å². The molecule has 0 aromatic heterocycles. The second kappa shape index (κ2) is 7.33. The van der Waals surface area contributed by atoms with Crippen molar-refractivity contribution in [1.29, 1.82) is 0 Å². The van der Waals surface area contributed by atoms with Gasteiger partial charge in [0.2, 0.25) is 0 Å². The smallest absolute Gasteiger partial charge is 0.161 e. The van der Waals surface area contributed by atoms with Crippen molar-refractivity contribution >= 4 is 21.6 Å². The van der Waals surface area contributed by atoms with Crippen LogP contribution in [0.5, 0.6) is 11.5 Å². The molecule has 112 valence electrons. The number of benzene rings is 2. The Hall–Kier alpha value is -1.72. The number of para-hydroxylation sites is 1. The van der Waals surface area contributed by atoms with Gasteiger partial charge in [0.25, 0.3) is 0 Å². The molecule has 0 saturated heterocycles. The fraction of sp³-hybridized carbons (Fsp3) is 0.250. The molecule has 2 aromatic rings. The van der Waals surface area contributed by atoms with Crippen LogP contribution in [-0.4, -0.2) is 19.3 Å². The Kier molecular flexibility index (Phi) is 5.47. The number of hydrogen-bond acceptors (Lipinski definition) is 4. The molecular formula is C16H18BrNO3. The van der Waals surface area contributed by atoms with E-state index in [1.807, 2.05) is 36.4 Å². The Morgan fingerprint density at radius 2 is 1.71 bits per heavy atom. The van der Waals surface area contributed by atoms with Crippen molar-refractivity contribution in [2.45, 2.75) is 13.2 Å². The zero-order valence-electron chi connectivity index (χ0n) is 12.0. The average Bonchev–Trinajstić information content (AvgIpc) is 2.53. The summed E-state index contributed by atoms with van der Waals surface area (Å²) < 4.78 is 11.5. The molecule has 0 atom stereocenters. The molecule has 4 nitrogen and oxygen atoms in total. The minimum Gasteiger partial charge on any atom is -0.493 e. The summed E-state index contributed by atoms with van der Waals surface area (Å²) in [5.41, 5.74) is 2.83. The summed E-state index contributed by atoms with van der Waals surface area (Å²) in [6, 6.07) is 11.5. The second-order valence-corrected chi connectivity index (χ2v) is 5.32. The zero-order chi connectivity index (χ0) is 15.2. The molecule has 0 unspecified atom stereocenters. The number of anilines is 1. The van der Waals surface area contributed by atoms with Crippen LogP contribution in [0.15, 0.2) is 40.9 Å². The molecule has 0 aliphatic rings. The van der Waals surface area contributed by atoms with Gasteiger partial charge in [-0.1, -0.05) is 34.1 Å². The van der Waals surface area contributed by atoms with Crippen LogP contribution in [0.2, 0.25) is 0 Å². The molecule has 0 radical (unpaired) electrons. The highest BCUT2D eigenvalue weighted by Crippen LogP contribution is 2.33. The number of aliphatic hydroxyl groups excluding tert-OH is 1. The number of aliphatic hydroxyl groups is 1. The maximum atomic E-state index is 9.33. The lowest BCUT2D eigenvalue weighted by atomic mass is 10.1. The highest BCUT2D eigenvalue weighted by Gasteiger charge is 2.10. The Morgan fingerprint density at radius 3 is 2.38 bits per heavy atom. The number of ether oxygens (including phenoxy) is 2. The van der Waals surface area contributed by atoms with E-state index >= 15 is 0 Å². The third-order valence-electron chi connectivity index (χ3n) is 3.21. The lowest BCUT2D eigenvalue weighted by molar-refractivity contribution is 0.282. The molecule has 0 heterocycles. The summed E-state index contributed by atoms with van der Waals surface area (Å²) in [7, 11) is 3.23. The Balaban J connectivity index is 2.20. The Labute approximate surface area is 132 Å². The van der Waals surface area contributed by atoms with Gasteiger partial charge in [0.05, 0.1) is 20.8 Å². The van der Waals surface area contributed by atoms with Crippen molar-refractivity contribution in [2.24, 2.45) is 0 Å². The van der Waals surface area contributed by atoms with E-state index < -0.39 is 0 Å². The monoisotopic (exact) mass is 351 g/mol. The molecule has 0 aliphatic heterocycles. The van der Waals surface area contributed by atoms with E-state index in [2.05, 4.69) is 21.2 Å². The first kappa shape index (κ1) is 15.7. The third-order valence-corrected chi connectivity index (χ3v) is 3.95. The number of methoxy groups -OCH3 is 2. The maximum absolute atomic E-state index is 9.33. The molecule has 0 fully saturated rings. The van der Waals surface area contributed by atoms with Crippen LogP contribution < -0.4 is 14.8 Å². The van der Waals surface area contributed by atoms with Crippen molar-refractivity contribution in [3.63, 3.8) is 0 Å². The van der Waals surface area contributed by atoms with Gasteiger partial charge in [-0.3, -0.25) is 0 Å². The summed E-state index contributed by atoms with van der Waals surface area (Å²) in [6.45, 7) is 0.619. The summed E-state index contributed by atoms with van der Waals surface area (Å²) in [5.74, 6) is 1.37. The topological polar surface area (TPSA) is 50.7 Å². The van der Waals surface area contributed by atoms with Crippen molar-refractivity contribution in [2.75, 3.05) is 19.5 Å². The SMILES string of the molecule is COc1cc(Br)c(CNc2ccccc2CO)cc1OC. The van der Waals surface area contributed by atoms with Gasteiger partial charge in [0.15, 0.2) is 11.5 Å². The maximum Gasteiger partial charge on any atom is 0.161 e. The predicted molar refractivity (Wildman–Crippen MR) is 86.9 cm³/mol. The highest BCUT2D eigenvalue weighted by atomic mass is 79.9. The lowest BCUT2D eigenvalue weighted by Crippen LogP contribution is -2.04. The normalized spacial score (nSPS) is 10.3. The van der Waals surface area contributed by atoms with Gasteiger partial charge in [-0.2, -0.15) is 0 Å². The van der Waals surface area contributed by atoms with E-state index in [1.54, 1.807) is 14.2 Å². The van der Waals surface area contributed by atoms with E-state index in [1.165, 1.54) is 0 Å². The van der Waals surface area contributed by atoms with Gasteiger partial charge in [-0.25, -0.2) is 0 Å².